The van der Waals surface area contributed by atoms with Gasteiger partial charge in [-0.15, -0.1) is 0 Å². The zero-order chi connectivity index (χ0) is 48.0. The van der Waals surface area contributed by atoms with Crippen LogP contribution in [0.15, 0.2) is 186 Å². The van der Waals surface area contributed by atoms with E-state index in [1.807, 2.05) is 12.1 Å². The smallest absolute Gasteiger partial charge is 0.143 e. The molecule has 0 amide bonds. The molecule has 1 heteroatoms. The van der Waals surface area contributed by atoms with Crippen molar-refractivity contribution < 1.29 is 29.1 Å². The van der Waals surface area contributed by atoms with Crippen molar-refractivity contribution in [3.63, 3.8) is 0 Å². The number of benzene rings is 9. The molecule has 0 unspecified atom stereocenters. The molecule has 0 aliphatic heterocycles. The third-order valence-electron chi connectivity index (χ3n) is 8.77. The van der Waals surface area contributed by atoms with Crippen molar-refractivity contribution in [3.8, 4) is 44.5 Å². The van der Waals surface area contributed by atoms with Crippen molar-refractivity contribution in [2.75, 3.05) is 0 Å². The third kappa shape index (κ3) is 4.33. The topological polar surface area (TPSA) is 13.1 Å². The quantitative estimate of drug-likeness (QED) is 0.174. The Balaban J connectivity index is 1.36. The predicted molar refractivity (Wildman–Crippen MR) is 208 cm³/mol. The van der Waals surface area contributed by atoms with Gasteiger partial charge in [-0.1, -0.05) is 157 Å². The van der Waals surface area contributed by atoms with Gasteiger partial charge in [0.25, 0.3) is 0 Å². The second-order valence-electron chi connectivity index (χ2n) is 11.4. The zero-order valence-electron chi connectivity index (χ0n) is 43.3. The molecule has 0 bridgehead atoms. The molecule has 0 radical (unpaired) electrons. The molecule has 228 valence electrons. The van der Waals surface area contributed by atoms with Crippen LogP contribution in [0.5, 0.6) is 0 Å². The summed E-state index contributed by atoms with van der Waals surface area (Å²) >= 11 is 0. The summed E-state index contributed by atoms with van der Waals surface area (Å²) < 4.78 is 165. The molecule has 1 nitrogen and oxygen atoms in total. The lowest BCUT2D eigenvalue weighted by molar-refractivity contribution is 0.673. The molecule has 0 aliphatic carbocycles. The number of hydrogen-bond acceptors (Lipinski definition) is 1. The van der Waals surface area contributed by atoms with Gasteiger partial charge in [-0.25, -0.2) is 0 Å². The molecule has 0 saturated heterocycles. The average Bonchev–Trinajstić information content (AvgIpc) is 3.72. The minimum absolute atomic E-state index is 0.00832. The van der Waals surface area contributed by atoms with Crippen molar-refractivity contribution in [3.05, 3.63) is 182 Å². The predicted octanol–water partition coefficient (Wildman–Crippen LogP) is 13.7. The first-order valence-electron chi connectivity index (χ1n) is 24.4. The average molecular weight is 641 g/mol. The van der Waals surface area contributed by atoms with Crippen molar-refractivity contribution in [2.24, 2.45) is 0 Å². The Hall–Kier alpha value is -6.44. The Morgan fingerprint density at radius 2 is 0.959 bits per heavy atom. The number of rotatable bonds is 4. The maximum Gasteiger partial charge on any atom is 0.143 e. The molecule has 9 aromatic carbocycles. The van der Waals surface area contributed by atoms with Gasteiger partial charge in [0, 0.05) is 16.2 Å². The van der Waals surface area contributed by atoms with Crippen LogP contribution >= 0.6 is 0 Å². The minimum Gasteiger partial charge on any atom is -0.455 e. The van der Waals surface area contributed by atoms with Crippen molar-refractivity contribution in [1.82, 2.24) is 0 Å². The van der Waals surface area contributed by atoms with Crippen LogP contribution in [-0.2, 0) is 0 Å². The molecule has 1 aromatic heterocycles. The summed E-state index contributed by atoms with van der Waals surface area (Å²) in [5.41, 5.74) is 0.284. The summed E-state index contributed by atoms with van der Waals surface area (Å²) in [4.78, 5) is 0. The van der Waals surface area contributed by atoms with Crippen LogP contribution in [0.3, 0.4) is 0 Å². The number of furan rings is 1. The van der Waals surface area contributed by atoms with Gasteiger partial charge in [0.2, 0.25) is 0 Å². The molecule has 49 heavy (non-hydrogen) atoms. The van der Waals surface area contributed by atoms with Gasteiger partial charge in [-0.3, -0.25) is 0 Å². The monoisotopic (exact) mass is 640 g/mol. The first-order chi connectivity index (χ1) is 31.8. The summed E-state index contributed by atoms with van der Waals surface area (Å²) in [7, 11) is 0. The van der Waals surface area contributed by atoms with Crippen LogP contribution in [0, 0.1) is 0 Å². The third-order valence-corrected chi connectivity index (χ3v) is 8.77. The Bertz CT molecular complexity index is 3800. The highest BCUT2D eigenvalue weighted by atomic mass is 16.3. The van der Waals surface area contributed by atoms with Crippen molar-refractivity contribution in [1.29, 1.82) is 0 Å². The van der Waals surface area contributed by atoms with Crippen LogP contribution in [-0.4, -0.2) is 0 Å². The lowest BCUT2D eigenvalue weighted by Crippen LogP contribution is -1.93. The molecule has 0 saturated carbocycles. The van der Waals surface area contributed by atoms with Gasteiger partial charge in [-0.2, -0.15) is 0 Å². The van der Waals surface area contributed by atoms with Crippen LogP contribution < -0.4 is 0 Å². The highest BCUT2D eigenvalue weighted by Crippen LogP contribution is 2.48. The van der Waals surface area contributed by atoms with E-state index in [0.717, 1.165) is 0 Å². The van der Waals surface area contributed by atoms with Crippen LogP contribution in [0.2, 0.25) is 0 Å². The Labute approximate surface area is 309 Å². The van der Waals surface area contributed by atoms with E-state index < -0.39 is 108 Å². The molecular formula is C48H30O. The number of hydrogen-bond donors (Lipinski definition) is 0. The van der Waals surface area contributed by atoms with Crippen molar-refractivity contribution in [2.45, 2.75) is 0 Å². The van der Waals surface area contributed by atoms with Gasteiger partial charge >= 0.3 is 0 Å². The molecule has 0 aliphatic rings. The molecule has 10 rings (SSSR count). The molecule has 0 N–H and O–H groups in total. The van der Waals surface area contributed by atoms with Crippen LogP contribution in [0.1, 0.15) is 24.7 Å². The fourth-order valence-corrected chi connectivity index (χ4v) is 6.74. The SMILES string of the molecule is [2H]c1c([2H])c([2H])c(-c2ccccc2-c2c3ccccc3c(-c3c([2H])c([2H])c([2H])c4oc5c6c([2H])c([2H])c(-c7c([2H])c([2H])c([2H])c([2H])c7[2H])c([2H])c6c([2H])c([2H])c5c34)c3ccccc23)c([2H])c1[2H]. The van der Waals surface area contributed by atoms with Crippen LogP contribution in [0.25, 0.3) is 98.8 Å². The summed E-state index contributed by atoms with van der Waals surface area (Å²) in [5.74, 6) is 0. The van der Waals surface area contributed by atoms with Gasteiger partial charge < -0.3 is 4.42 Å². The van der Waals surface area contributed by atoms with Crippen molar-refractivity contribution >= 4 is 54.3 Å². The lowest BCUT2D eigenvalue weighted by atomic mass is 9.83. The first-order valence-corrected chi connectivity index (χ1v) is 15.4. The van der Waals surface area contributed by atoms with Gasteiger partial charge in [0.05, 0.1) is 24.7 Å². The molecular weight excluding hydrogens is 593 g/mol. The number of fused-ring (bicyclic) bond motifs is 7. The van der Waals surface area contributed by atoms with E-state index in [9.17, 15) is 6.85 Å². The Morgan fingerprint density at radius 1 is 0.388 bits per heavy atom. The van der Waals surface area contributed by atoms with Gasteiger partial charge in [0.15, 0.2) is 0 Å². The minimum atomic E-state index is -0.735. The van der Waals surface area contributed by atoms with E-state index in [1.165, 1.54) is 0 Å². The fourth-order valence-electron chi connectivity index (χ4n) is 6.74. The van der Waals surface area contributed by atoms with Gasteiger partial charge in [0.1, 0.15) is 11.2 Å². The molecule has 1 heterocycles. The highest BCUT2D eigenvalue weighted by Gasteiger charge is 2.22. The van der Waals surface area contributed by atoms with E-state index in [-0.39, 0.29) is 55.9 Å². The van der Waals surface area contributed by atoms with E-state index in [4.69, 9.17) is 22.2 Å². The second kappa shape index (κ2) is 11.1. The summed E-state index contributed by atoms with van der Waals surface area (Å²) in [5, 5.41) is 1.35. The first kappa shape index (κ1) is 15.2. The van der Waals surface area contributed by atoms with E-state index in [1.54, 1.807) is 60.7 Å². The second-order valence-corrected chi connectivity index (χ2v) is 11.4. The van der Waals surface area contributed by atoms with Crippen LogP contribution in [0.4, 0.5) is 0 Å². The molecule has 0 fully saturated rings. The normalized spacial score (nSPS) is 16.8. The summed E-state index contributed by atoms with van der Waals surface area (Å²) in [6, 6.07) is 10.5. The maximum atomic E-state index is 9.57. The molecule has 0 spiro atoms. The van der Waals surface area contributed by atoms with E-state index in [2.05, 4.69) is 0 Å². The largest absolute Gasteiger partial charge is 0.455 e. The standard InChI is InChI=1S/C48H30O/c1-3-14-31(15-4-1)33-26-28-36-34(30-33)27-29-43-47-42(24-13-25-44(47)49-48(36)43)46-40-22-11-9-20-38(40)45(39-21-10-12-23-41(39)46)37-19-8-7-18-35(37)32-16-5-2-6-17-32/h1-30H/i1D,2D,3D,4D,5D,6D,13D,14D,15D,16D,17D,24D,25D,26D,27D,28D,29D,30D. The Kier molecular flexibility index (Phi) is 3.43. The van der Waals surface area contributed by atoms with Gasteiger partial charge in [-0.05, 0) is 95.6 Å². The summed E-state index contributed by atoms with van der Waals surface area (Å²) in [6.45, 7) is 0. The highest BCUT2D eigenvalue weighted by molar-refractivity contribution is 6.27. The molecule has 10 aromatic rings. The lowest BCUT2D eigenvalue weighted by Gasteiger charge is -2.20. The zero-order valence-corrected chi connectivity index (χ0v) is 25.3. The summed E-state index contributed by atoms with van der Waals surface area (Å²) in [6.07, 6.45) is 0. The molecule has 0 atom stereocenters. The maximum absolute atomic E-state index is 9.57. The fraction of sp³-hybridized carbons (Fsp3) is 0. The van der Waals surface area contributed by atoms with E-state index in [0.29, 0.717) is 43.8 Å². The van der Waals surface area contributed by atoms with E-state index >= 15 is 0 Å². The Morgan fingerprint density at radius 3 is 1.63 bits per heavy atom.